The Hall–Kier alpha value is -2.70. The number of esters is 1. The Bertz CT molecular complexity index is 873. The average molecular weight is 429 g/mol. The molecule has 0 aliphatic carbocycles. The number of para-hydroxylation sites is 1. The molecule has 0 aromatic heterocycles. The second-order valence-electron chi connectivity index (χ2n) is 8.06. The summed E-state index contributed by atoms with van der Waals surface area (Å²) < 4.78 is 23.4. The molecule has 2 aromatic rings. The lowest BCUT2D eigenvalue weighted by molar-refractivity contribution is -0.242. The van der Waals surface area contributed by atoms with Crippen molar-refractivity contribution in [2.75, 3.05) is 0 Å². The maximum atomic E-state index is 14.0. The van der Waals surface area contributed by atoms with Gasteiger partial charge in [-0.15, -0.1) is 0 Å². The molecule has 0 spiro atoms. The van der Waals surface area contributed by atoms with E-state index >= 15 is 0 Å². The summed E-state index contributed by atoms with van der Waals surface area (Å²) >= 11 is 0. The summed E-state index contributed by atoms with van der Waals surface area (Å²) in [7, 11) is 0. The number of carbonyl (C=O) groups excluding carboxylic acids is 2. The van der Waals surface area contributed by atoms with Crippen LogP contribution in [-0.4, -0.2) is 30.1 Å². The molecule has 0 unspecified atom stereocenters. The van der Waals surface area contributed by atoms with E-state index in [-0.39, 0.29) is 24.1 Å². The van der Waals surface area contributed by atoms with E-state index in [1.54, 1.807) is 42.5 Å². The minimum atomic E-state index is -1.70. The Labute approximate surface area is 184 Å². The molecule has 0 saturated heterocycles. The van der Waals surface area contributed by atoms with Crippen molar-refractivity contribution in [3.8, 4) is 11.5 Å². The number of hydrogen-bond acceptors (Lipinski definition) is 6. The second kappa shape index (κ2) is 10.6. The van der Waals surface area contributed by atoms with Crippen LogP contribution in [0, 0.1) is 0 Å². The third kappa shape index (κ3) is 6.39. The maximum Gasteiger partial charge on any atom is 0.308 e. The Kier molecular flexibility index (Phi) is 8.36. The molecule has 0 N–H and O–H groups in total. The van der Waals surface area contributed by atoms with E-state index in [0.717, 1.165) is 0 Å². The molecule has 0 aliphatic heterocycles. The highest BCUT2D eigenvalue weighted by Gasteiger charge is 2.46. The van der Waals surface area contributed by atoms with Gasteiger partial charge in [-0.25, -0.2) is 0 Å². The molecule has 0 amide bonds. The molecule has 168 valence electrons. The summed E-state index contributed by atoms with van der Waals surface area (Å²) in [4.78, 5) is 25.3. The zero-order chi connectivity index (χ0) is 23.2. The Balaban J connectivity index is 2.64. The van der Waals surface area contributed by atoms with Crippen LogP contribution in [0.25, 0.3) is 0 Å². The molecule has 0 saturated carbocycles. The Morgan fingerprint density at radius 1 is 0.774 bits per heavy atom. The van der Waals surface area contributed by atoms with Crippen LogP contribution in [0.1, 0.15) is 64.4 Å². The molecule has 0 atom stereocenters. The van der Waals surface area contributed by atoms with E-state index < -0.39 is 11.8 Å². The predicted octanol–water partition coefficient (Wildman–Crippen LogP) is 5.28. The van der Waals surface area contributed by atoms with E-state index in [0.29, 0.717) is 22.6 Å². The smallest absolute Gasteiger partial charge is 0.308 e. The molecule has 6 nitrogen and oxygen atoms in total. The number of Topliss-reactive ketones (excluding diaryl/α,β-unsaturated/α-hetero) is 1. The van der Waals surface area contributed by atoms with E-state index in [1.165, 1.54) is 6.92 Å². The van der Waals surface area contributed by atoms with Gasteiger partial charge in [-0.1, -0.05) is 12.1 Å². The summed E-state index contributed by atoms with van der Waals surface area (Å²) in [5.74, 6) is -1.66. The monoisotopic (exact) mass is 428 g/mol. The number of carbonyl (C=O) groups is 2. The summed E-state index contributed by atoms with van der Waals surface area (Å²) in [5, 5.41) is 0. The molecule has 6 heteroatoms. The van der Waals surface area contributed by atoms with Crippen LogP contribution in [0.5, 0.6) is 11.5 Å². The highest BCUT2D eigenvalue weighted by Crippen LogP contribution is 2.37. The van der Waals surface area contributed by atoms with Crippen molar-refractivity contribution in [3.63, 3.8) is 0 Å². The maximum absolute atomic E-state index is 14.0. The van der Waals surface area contributed by atoms with E-state index in [9.17, 15) is 9.59 Å². The van der Waals surface area contributed by atoms with Crippen molar-refractivity contribution in [2.24, 2.45) is 0 Å². The van der Waals surface area contributed by atoms with Crippen molar-refractivity contribution >= 4 is 11.8 Å². The van der Waals surface area contributed by atoms with Crippen LogP contribution >= 0.6 is 0 Å². The normalized spacial score (nSPS) is 11.8. The molecule has 2 rings (SSSR count). The molecule has 0 heterocycles. The quantitative estimate of drug-likeness (QED) is 0.222. The highest BCUT2D eigenvalue weighted by molar-refractivity contribution is 6.04. The summed E-state index contributed by atoms with van der Waals surface area (Å²) in [6, 6.07) is 13.6. The third-order valence-electron chi connectivity index (χ3n) is 4.09. The van der Waals surface area contributed by atoms with Crippen LogP contribution in [0.2, 0.25) is 0 Å². The van der Waals surface area contributed by atoms with Gasteiger partial charge in [0.15, 0.2) is 0 Å². The van der Waals surface area contributed by atoms with Gasteiger partial charge in [-0.3, -0.25) is 9.59 Å². The van der Waals surface area contributed by atoms with Crippen molar-refractivity contribution in [1.29, 1.82) is 0 Å². The van der Waals surface area contributed by atoms with Gasteiger partial charge in [0.1, 0.15) is 11.5 Å². The molecular weight excluding hydrogens is 396 g/mol. The van der Waals surface area contributed by atoms with Gasteiger partial charge < -0.3 is 18.9 Å². The minimum absolute atomic E-state index is 0.108. The van der Waals surface area contributed by atoms with E-state index in [2.05, 4.69) is 0 Å². The first kappa shape index (κ1) is 24.6. The predicted molar refractivity (Wildman–Crippen MR) is 118 cm³/mol. The lowest BCUT2D eigenvalue weighted by Crippen LogP contribution is -2.45. The SMILES string of the molecule is CC(=O)Oc1ccc(C(OC(C)C)(OC(C)C)C(=O)c2ccccc2OC(C)C)cc1. The lowest BCUT2D eigenvalue weighted by atomic mass is 9.94. The van der Waals surface area contributed by atoms with Gasteiger partial charge in [0, 0.05) is 12.5 Å². The number of hydrogen-bond donors (Lipinski definition) is 0. The number of ketones is 1. The first-order valence-electron chi connectivity index (χ1n) is 10.5. The van der Waals surface area contributed by atoms with Gasteiger partial charge in [-0.2, -0.15) is 0 Å². The standard InChI is InChI=1S/C25H32O6/c1-16(2)28-23-11-9-8-10-22(23)24(27)25(30-17(3)4,31-18(5)6)20-12-14-21(15-13-20)29-19(7)26/h8-18H,1-7H3. The van der Waals surface area contributed by atoms with Gasteiger partial charge in [0.05, 0.1) is 23.9 Å². The van der Waals surface area contributed by atoms with Crippen molar-refractivity contribution in [3.05, 3.63) is 59.7 Å². The van der Waals surface area contributed by atoms with Crippen molar-refractivity contribution in [2.45, 2.75) is 72.6 Å². The fraction of sp³-hybridized carbons (Fsp3) is 0.440. The van der Waals surface area contributed by atoms with Crippen molar-refractivity contribution in [1.82, 2.24) is 0 Å². The van der Waals surface area contributed by atoms with Gasteiger partial charge in [0.25, 0.3) is 5.79 Å². The zero-order valence-corrected chi connectivity index (χ0v) is 19.3. The van der Waals surface area contributed by atoms with Crippen molar-refractivity contribution < 1.29 is 28.5 Å². The van der Waals surface area contributed by atoms with E-state index in [1.807, 2.05) is 47.6 Å². The van der Waals surface area contributed by atoms with Crippen LogP contribution in [-0.2, 0) is 20.1 Å². The van der Waals surface area contributed by atoms with E-state index in [4.69, 9.17) is 18.9 Å². The molecule has 2 aromatic carbocycles. The minimum Gasteiger partial charge on any atom is -0.490 e. The fourth-order valence-electron chi connectivity index (χ4n) is 3.16. The third-order valence-corrected chi connectivity index (χ3v) is 4.09. The summed E-state index contributed by atoms with van der Waals surface area (Å²) in [6.45, 7) is 12.5. The molecule has 0 radical (unpaired) electrons. The number of rotatable bonds is 10. The van der Waals surface area contributed by atoms with Gasteiger partial charge in [0.2, 0.25) is 5.78 Å². The average Bonchev–Trinajstić information content (AvgIpc) is 2.66. The molecule has 31 heavy (non-hydrogen) atoms. The molecule has 0 bridgehead atoms. The Morgan fingerprint density at radius 3 is 1.81 bits per heavy atom. The summed E-state index contributed by atoms with van der Waals surface area (Å²) in [6.07, 6.45) is -0.730. The summed E-state index contributed by atoms with van der Waals surface area (Å²) in [5.41, 5.74) is 0.858. The molecular formula is C25H32O6. The molecule has 0 aliphatic rings. The van der Waals surface area contributed by atoms with Gasteiger partial charge >= 0.3 is 5.97 Å². The number of benzene rings is 2. The van der Waals surface area contributed by atoms with Crippen LogP contribution in [0.15, 0.2) is 48.5 Å². The molecule has 0 fully saturated rings. The van der Waals surface area contributed by atoms with Crippen LogP contribution < -0.4 is 9.47 Å². The Morgan fingerprint density at radius 2 is 1.32 bits per heavy atom. The lowest BCUT2D eigenvalue weighted by Gasteiger charge is -2.36. The topological polar surface area (TPSA) is 71.1 Å². The zero-order valence-electron chi connectivity index (χ0n) is 19.3. The number of ether oxygens (including phenoxy) is 4. The largest absolute Gasteiger partial charge is 0.490 e. The fourth-order valence-corrected chi connectivity index (χ4v) is 3.16. The second-order valence-corrected chi connectivity index (χ2v) is 8.06. The van der Waals surface area contributed by atoms with Crippen LogP contribution in [0.4, 0.5) is 0 Å². The van der Waals surface area contributed by atoms with Gasteiger partial charge in [-0.05, 0) is 77.9 Å². The van der Waals surface area contributed by atoms with Crippen LogP contribution in [0.3, 0.4) is 0 Å². The first-order chi connectivity index (χ1) is 14.5. The first-order valence-corrected chi connectivity index (χ1v) is 10.5. The highest BCUT2D eigenvalue weighted by atomic mass is 16.7.